The van der Waals surface area contributed by atoms with E-state index in [-0.39, 0.29) is 11.9 Å². The van der Waals surface area contributed by atoms with Crippen molar-refractivity contribution < 1.29 is 4.39 Å². The zero-order valence-corrected chi connectivity index (χ0v) is 11.7. The molecule has 1 aliphatic rings. The SMILES string of the molecule is C[C@@H](N)c1ccc(N2CCc3sccc3C2)c(F)c1. The van der Waals surface area contributed by atoms with Gasteiger partial charge < -0.3 is 10.6 Å². The van der Waals surface area contributed by atoms with Crippen LogP contribution < -0.4 is 10.6 Å². The third-order valence-electron chi connectivity index (χ3n) is 3.65. The molecule has 2 nitrogen and oxygen atoms in total. The van der Waals surface area contributed by atoms with Gasteiger partial charge in [0, 0.05) is 24.0 Å². The summed E-state index contributed by atoms with van der Waals surface area (Å²) < 4.78 is 14.2. The number of rotatable bonds is 2. The third-order valence-corrected chi connectivity index (χ3v) is 4.67. The van der Waals surface area contributed by atoms with E-state index in [2.05, 4.69) is 16.3 Å². The van der Waals surface area contributed by atoms with Crippen LogP contribution in [0.1, 0.15) is 29.0 Å². The Morgan fingerprint density at radius 3 is 2.95 bits per heavy atom. The van der Waals surface area contributed by atoms with Gasteiger partial charge in [-0.2, -0.15) is 0 Å². The quantitative estimate of drug-likeness (QED) is 0.910. The highest BCUT2D eigenvalue weighted by Crippen LogP contribution is 2.30. The molecule has 3 rings (SSSR count). The average Bonchev–Trinajstić information content (AvgIpc) is 2.85. The van der Waals surface area contributed by atoms with Crippen molar-refractivity contribution in [3.05, 3.63) is 51.5 Å². The molecule has 100 valence electrons. The minimum absolute atomic E-state index is 0.131. The molecule has 0 saturated carbocycles. The molecule has 19 heavy (non-hydrogen) atoms. The van der Waals surface area contributed by atoms with E-state index in [4.69, 9.17) is 5.73 Å². The first-order chi connectivity index (χ1) is 9.15. The van der Waals surface area contributed by atoms with Gasteiger partial charge in [-0.25, -0.2) is 4.39 Å². The summed E-state index contributed by atoms with van der Waals surface area (Å²) in [5.41, 5.74) is 8.63. The van der Waals surface area contributed by atoms with Gasteiger partial charge in [-0.3, -0.25) is 0 Å². The molecule has 0 unspecified atom stereocenters. The van der Waals surface area contributed by atoms with Gasteiger partial charge in [0.25, 0.3) is 0 Å². The Labute approximate surface area is 116 Å². The van der Waals surface area contributed by atoms with Crippen LogP contribution in [0.5, 0.6) is 0 Å². The van der Waals surface area contributed by atoms with Crippen molar-refractivity contribution >= 4 is 17.0 Å². The van der Waals surface area contributed by atoms with Crippen LogP contribution in [0.25, 0.3) is 0 Å². The topological polar surface area (TPSA) is 29.3 Å². The van der Waals surface area contributed by atoms with Crippen LogP contribution >= 0.6 is 11.3 Å². The Kier molecular flexibility index (Phi) is 3.29. The summed E-state index contributed by atoms with van der Waals surface area (Å²) in [5, 5.41) is 2.11. The second-order valence-electron chi connectivity index (χ2n) is 5.04. The van der Waals surface area contributed by atoms with E-state index in [1.165, 1.54) is 10.4 Å². The summed E-state index contributed by atoms with van der Waals surface area (Å²) in [6.07, 6.45) is 1.00. The normalized spacial score (nSPS) is 16.3. The lowest BCUT2D eigenvalue weighted by Crippen LogP contribution is -2.30. The van der Waals surface area contributed by atoms with Crippen molar-refractivity contribution in [1.29, 1.82) is 0 Å². The number of nitrogens with zero attached hydrogens (tertiary/aromatic N) is 1. The maximum absolute atomic E-state index is 14.2. The van der Waals surface area contributed by atoms with Crippen molar-refractivity contribution in [2.75, 3.05) is 11.4 Å². The largest absolute Gasteiger partial charge is 0.364 e. The van der Waals surface area contributed by atoms with Crippen molar-refractivity contribution in [2.45, 2.75) is 25.9 Å². The molecule has 4 heteroatoms. The molecule has 0 aliphatic carbocycles. The monoisotopic (exact) mass is 276 g/mol. The van der Waals surface area contributed by atoms with Crippen molar-refractivity contribution in [3.63, 3.8) is 0 Å². The van der Waals surface area contributed by atoms with Crippen LogP contribution in [0.3, 0.4) is 0 Å². The van der Waals surface area contributed by atoms with Crippen LogP contribution in [-0.2, 0) is 13.0 Å². The number of thiophene rings is 1. The second kappa shape index (κ2) is 4.94. The molecule has 2 N–H and O–H groups in total. The summed E-state index contributed by atoms with van der Waals surface area (Å²) in [7, 11) is 0. The van der Waals surface area contributed by atoms with Gasteiger partial charge in [0.15, 0.2) is 0 Å². The Hall–Kier alpha value is -1.39. The Morgan fingerprint density at radius 1 is 1.37 bits per heavy atom. The average molecular weight is 276 g/mol. The third kappa shape index (κ3) is 2.38. The lowest BCUT2D eigenvalue weighted by Gasteiger charge is -2.29. The number of hydrogen-bond donors (Lipinski definition) is 1. The highest BCUT2D eigenvalue weighted by molar-refractivity contribution is 7.10. The number of anilines is 1. The number of nitrogens with two attached hydrogens (primary N) is 1. The Balaban J connectivity index is 1.88. The van der Waals surface area contributed by atoms with Crippen LogP contribution in [0, 0.1) is 5.82 Å². The predicted molar refractivity (Wildman–Crippen MR) is 78.1 cm³/mol. The maximum atomic E-state index is 14.2. The molecule has 1 aromatic carbocycles. The van der Waals surface area contributed by atoms with E-state index in [0.29, 0.717) is 5.69 Å². The summed E-state index contributed by atoms with van der Waals surface area (Å²) in [5.74, 6) is -0.173. The van der Waals surface area contributed by atoms with Gasteiger partial charge in [0.05, 0.1) is 5.69 Å². The zero-order chi connectivity index (χ0) is 13.4. The van der Waals surface area contributed by atoms with Crippen LogP contribution in [0.2, 0.25) is 0 Å². The van der Waals surface area contributed by atoms with E-state index in [1.54, 1.807) is 17.4 Å². The number of fused-ring (bicyclic) bond motifs is 1. The molecule has 1 atom stereocenters. The van der Waals surface area contributed by atoms with Gasteiger partial charge in [-0.15, -0.1) is 11.3 Å². The van der Waals surface area contributed by atoms with Crippen LogP contribution in [0.15, 0.2) is 29.6 Å². The highest BCUT2D eigenvalue weighted by Gasteiger charge is 2.20. The lowest BCUT2D eigenvalue weighted by molar-refractivity contribution is 0.607. The maximum Gasteiger partial charge on any atom is 0.146 e. The molecule has 1 aliphatic heterocycles. The number of halogens is 1. The zero-order valence-electron chi connectivity index (χ0n) is 10.9. The predicted octanol–water partition coefficient (Wildman–Crippen LogP) is 3.47. The van der Waals surface area contributed by atoms with Gasteiger partial charge in [0.2, 0.25) is 0 Å². The fourth-order valence-corrected chi connectivity index (χ4v) is 3.41. The smallest absolute Gasteiger partial charge is 0.146 e. The molecule has 0 spiro atoms. The molecule has 2 heterocycles. The van der Waals surface area contributed by atoms with Gasteiger partial charge >= 0.3 is 0 Å². The van der Waals surface area contributed by atoms with Gasteiger partial charge in [0.1, 0.15) is 5.82 Å². The number of benzene rings is 1. The van der Waals surface area contributed by atoms with Gasteiger partial charge in [-0.1, -0.05) is 6.07 Å². The van der Waals surface area contributed by atoms with E-state index >= 15 is 0 Å². The van der Waals surface area contributed by atoms with Gasteiger partial charge in [-0.05, 0) is 48.1 Å². The molecular weight excluding hydrogens is 259 g/mol. The van der Waals surface area contributed by atoms with E-state index < -0.39 is 0 Å². The second-order valence-corrected chi connectivity index (χ2v) is 6.04. The molecule has 0 amide bonds. The standard InChI is InChI=1S/C15H17FN2S/c1-10(17)11-2-3-14(13(16)8-11)18-6-4-15-12(9-18)5-7-19-15/h2-3,5,7-8,10H,4,6,9,17H2,1H3/t10-/m1/s1. The fraction of sp³-hybridized carbons (Fsp3) is 0.333. The van der Waals surface area contributed by atoms with E-state index in [1.807, 2.05) is 19.1 Å². The van der Waals surface area contributed by atoms with E-state index in [9.17, 15) is 4.39 Å². The molecule has 1 aromatic heterocycles. The van der Waals surface area contributed by atoms with Crippen molar-refractivity contribution in [1.82, 2.24) is 0 Å². The minimum atomic E-state index is -0.173. The molecule has 2 aromatic rings. The first-order valence-electron chi connectivity index (χ1n) is 6.50. The Morgan fingerprint density at radius 2 is 2.21 bits per heavy atom. The molecular formula is C15H17FN2S. The molecule has 0 radical (unpaired) electrons. The molecule has 0 fully saturated rings. The Bertz CT molecular complexity index is 592. The highest BCUT2D eigenvalue weighted by atomic mass is 32.1. The van der Waals surface area contributed by atoms with Crippen LogP contribution in [0.4, 0.5) is 10.1 Å². The van der Waals surface area contributed by atoms with Crippen molar-refractivity contribution in [3.8, 4) is 0 Å². The minimum Gasteiger partial charge on any atom is -0.364 e. The van der Waals surface area contributed by atoms with Crippen molar-refractivity contribution in [2.24, 2.45) is 5.73 Å². The summed E-state index contributed by atoms with van der Waals surface area (Å²) >= 11 is 1.80. The first-order valence-corrected chi connectivity index (χ1v) is 7.38. The van der Waals surface area contributed by atoms with E-state index in [0.717, 1.165) is 25.1 Å². The van der Waals surface area contributed by atoms with Crippen LogP contribution in [-0.4, -0.2) is 6.54 Å². The number of hydrogen-bond acceptors (Lipinski definition) is 3. The fourth-order valence-electron chi connectivity index (χ4n) is 2.52. The summed E-state index contributed by atoms with van der Waals surface area (Å²) in [4.78, 5) is 3.54. The first kappa shape index (κ1) is 12.6. The molecule has 0 bridgehead atoms. The molecule has 0 saturated heterocycles. The summed E-state index contributed by atoms with van der Waals surface area (Å²) in [6.45, 7) is 3.54. The lowest BCUT2D eigenvalue weighted by atomic mass is 10.1. The summed E-state index contributed by atoms with van der Waals surface area (Å²) in [6, 6.07) is 7.34.